The van der Waals surface area contributed by atoms with Crippen LogP contribution in [0.3, 0.4) is 0 Å². The summed E-state index contributed by atoms with van der Waals surface area (Å²) in [4.78, 5) is 16.0. The van der Waals surface area contributed by atoms with Gasteiger partial charge in [-0.25, -0.2) is 0 Å². The first-order valence-corrected chi connectivity index (χ1v) is 8.00. The molecular formula is C22H15NO2. The second kappa shape index (κ2) is 6.21. The van der Waals surface area contributed by atoms with Gasteiger partial charge in [0.15, 0.2) is 5.78 Å². The van der Waals surface area contributed by atoms with Gasteiger partial charge in [-0.1, -0.05) is 42.5 Å². The maximum Gasteiger partial charge on any atom is 0.178 e. The molecule has 1 aromatic heterocycles. The van der Waals surface area contributed by atoms with Gasteiger partial charge in [-0.05, 0) is 58.7 Å². The van der Waals surface area contributed by atoms with E-state index in [1.807, 2.05) is 54.6 Å². The van der Waals surface area contributed by atoms with Crippen molar-refractivity contribution in [1.29, 1.82) is 0 Å². The number of allylic oxidation sites excluding steroid dienone is 5. The Kier molecular flexibility index (Phi) is 3.75. The average Bonchev–Trinajstić information content (AvgIpc) is 2.65. The van der Waals surface area contributed by atoms with Gasteiger partial charge in [-0.15, -0.1) is 0 Å². The van der Waals surface area contributed by atoms with Crippen LogP contribution in [-0.2, 0) is 4.79 Å². The molecule has 3 aromatic rings. The molecule has 0 aliphatic heterocycles. The zero-order valence-electron chi connectivity index (χ0n) is 13.4. The number of phenols is 1. The summed E-state index contributed by atoms with van der Waals surface area (Å²) in [5.74, 6) is 0.200. The first-order valence-electron chi connectivity index (χ1n) is 8.00. The number of nitrogens with zero attached hydrogens (tertiary/aromatic N) is 1. The van der Waals surface area contributed by atoms with Crippen LogP contribution < -0.4 is 0 Å². The van der Waals surface area contributed by atoms with Crippen LogP contribution >= 0.6 is 0 Å². The van der Waals surface area contributed by atoms with E-state index in [4.69, 9.17) is 0 Å². The van der Waals surface area contributed by atoms with E-state index in [2.05, 4.69) is 4.98 Å². The fraction of sp³-hybridized carbons (Fsp3) is 0. The van der Waals surface area contributed by atoms with Gasteiger partial charge in [0.2, 0.25) is 0 Å². The summed E-state index contributed by atoms with van der Waals surface area (Å²) in [6, 6.07) is 17.1. The molecule has 25 heavy (non-hydrogen) atoms. The lowest BCUT2D eigenvalue weighted by Crippen LogP contribution is -1.98. The Morgan fingerprint density at radius 1 is 0.840 bits per heavy atom. The van der Waals surface area contributed by atoms with Gasteiger partial charge >= 0.3 is 0 Å². The van der Waals surface area contributed by atoms with Crippen LogP contribution in [0.1, 0.15) is 11.1 Å². The van der Waals surface area contributed by atoms with E-state index in [0.717, 1.165) is 33.2 Å². The van der Waals surface area contributed by atoms with Crippen molar-refractivity contribution in [2.24, 2.45) is 0 Å². The highest BCUT2D eigenvalue weighted by atomic mass is 16.3. The van der Waals surface area contributed by atoms with E-state index in [0.29, 0.717) is 0 Å². The predicted molar refractivity (Wildman–Crippen MR) is 99.2 cm³/mol. The maximum atomic E-state index is 11.5. The summed E-state index contributed by atoms with van der Waals surface area (Å²) in [6.07, 6.45) is 8.59. The van der Waals surface area contributed by atoms with Crippen LogP contribution in [0.15, 0.2) is 90.7 Å². The van der Waals surface area contributed by atoms with Gasteiger partial charge in [0.1, 0.15) is 5.75 Å². The number of pyridine rings is 1. The summed E-state index contributed by atoms with van der Waals surface area (Å²) in [6.45, 7) is 0. The van der Waals surface area contributed by atoms with Gasteiger partial charge in [-0.3, -0.25) is 9.78 Å². The number of ketones is 1. The minimum absolute atomic E-state index is 0.0200. The number of rotatable bonds is 2. The molecule has 0 bridgehead atoms. The van der Waals surface area contributed by atoms with Gasteiger partial charge in [0.05, 0.1) is 5.52 Å². The smallest absolute Gasteiger partial charge is 0.178 e. The Balaban J connectivity index is 2.03. The molecule has 1 N–H and O–H groups in total. The number of aromatic nitrogens is 1. The van der Waals surface area contributed by atoms with E-state index in [1.165, 1.54) is 0 Å². The highest BCUT2D eigenvalue weighted by Gasteiger charge is 2.14. The number of carbonyl (C=O) groups is 1. The van der Waals surface area contributed by atoms with E-state index in [-0.39, 0.29) is 11.5 Å². The fourth-order valence-corrected chi connectivity index (χ4v) is 3.04. The van der Waals surface area contributed by atoms with Gasteiger partial charge in [0.25, 0.3) is 0 Å². The van der Waals surface area contributed by atoms with E-state index < -0.39 is 0 Å². The Bertz CT molecular complexity index is 1030. The largest absolute Gasteiger partial charge is 0.508 e. The molecule has 0 amide bonds. The average molecular weight is 325 g/mol. The second-order valence-corrected chi connectivity index (χ2v) is 5.82. The van der Waals surface area contributed by atoms with Crippen LogP contribution in [0.4, 0.5) is 0 Å². The summed E-state index contributed by atoms with van der Waals surface area (Å²) in [5.41, 5.74) is 4.86. The number of para-hydroxylation sites is 1. The summed E-state index contributed by atoms with van der Waals surface area (Å²) >= 11 is 0. The first kappa shape index (κ1) is 15.1. The molecule has 0 unspecified atom stereocenters. The number of benzene rings is 2. The lowest BCUT2D eigenvalue weighted by molar-refractivity contribution is -0.110. The highest BCUT2D eigenvalue weighted by Crippen LogP contribution is 2.34. The van der Waals surface area contributed by atoms with Gasteiger partial charge in [0, 0.05) is 11.6 Å². The number of hydrogen-bond donors (Lipinski definition) is 1. The molecule has 0 saturated carbocycles. The molecule has 120 valence electrons. The summed E-state index contributed by atoms with van der Waals surface area (Å²) < 4.78 is 0. The van der Waals surface area contributed by atoms with Crippen molar-refractivity contribution in [2.75, 3.05) is 0 Å². The van der Waals surface area contributed by atoms with Crippen molar-refractivity contribution in [3.05, 3.63) is 102 Å². The van der Waals surface area contributed by atoms with Crippen molar-refractivity contribution >= 4 is 22.3 Å². The van der Waals surface area contributed by atoms with Crippen molar-refractivity contribution in [1.82, 2.24) is 4.98 Å². The predicted octanol–water partition coefficient (Wildman–Crippen LogP) is 4.44. The zero-order chi connectivity index (χ0) is 17.2. The standard InChI is InChI=1S/C22H15NO2/c24-17-9-5-15(6-10-17)22(16-7-11-18(25)12-8-16)20-13-14-23-21-4-2-1-3-19(20)21/h1-14,24H. The van der Waals surface area contributed by atoms with Crippen molar-refractivity contribution in [3.63, 3.8) is 0 Å². The summed E-state index contributed by atoms with van der Waals surface area (Å²) in [7, 11) is 0. The Hall–Kier alpha value is -3.46. The molecule has 0 saturated heterocycles. The number of phenolic OH excluding ortho intramolecular Hbond substituents is 1. The van der Waals surface area contributed by atoms with Crippen molar-refractivity contribution < 1.29 is 9.90 Å². The molecule has 2 aromatic carbocycles. The number of hydrogen-bond acceptors (Lipinski definition) is 3. The monoisotopic (exact) mass is 325 g/mol. The van der Waals surface area contributed by atoms with Crippen LogP contribution in [0, 0.1) is 0 Å². The normalized spacial score (nSPS) is 13.4. The minimum Gasteiger partial charge on any atom is -0.508 e. The third kappa shape index (κ3) is 2.88. The van der Waals surface area contributed by atoms with E-state index in [1.54, 1.807) is 30.5 Å². The minimum atomic E-state index is -0.0200. The van der Waals surface area contributed by atoms with Gasteiger partial charge in [-0.2, -0.15) is 0 Å². The zero-order valence-corrected chi connectivity index (χ0v) is 13.4. The molecule has 1 heterocycles. The molecule has 0 spiro atoms. The molecule has 1 aliphatic carbocycles. The third-order valence-electron chi connectivity index (χ3n) is 4.22. The quantitative estimate of drug-likeness (QED) is 0.758. The number of carbonyl (C=O) groups excluding carboxylic acids is 1. The Labute approximate surface area is 145 Å². The highest BCUT2D eigenvalue weighted by molar-refractivity contribution is 6.04. The first-order chi connectivity index (χ1) is 12.2. The van der Waals surface area contributed by atoms with Crippen LogP contribution in [0.5, 0.6) is 5.75 Å². The topological polar surface area (TPSA) is 50.2 Å². The molecule has 3 nitrogen and oxygen atoms in total. The van der Waals surface area contributed by atoms with Crippen molar-refractivity contribution in [3.8, 4) is 5.75 Å². The molecule has 4 rings (SSSR count). The number of fused-ring (bicyclic) bond motifs is 1. The molecule has 0 fully saturated rings. The van der Waals surface area contributed by atoms with Crippen LogP contribution in [0.25, 0.3) is 16.5 Å². The molecule has 3 heteroatoms. The maximum absolute atomic E-state index is 11.5. The second-order valence-electron chi connectivity index (χ2n) is 5.82. The van der Waals surface area contributed by atoms with E-state index >= 15 is 0 Å². The molecule has 0 radical (unpaired) electrons. The Morgan fingerprint density at radius 2 is 1.56 bits per heavy atom. The fourth-order valence-electron chi connectivity index (χ4n) is 3.04. The van der Waals surface area contributed by atoms with Crippen LogP contribution in [-0.4, -0.2) is 15.9 Å². The lowest BCUT2D eigenvalue weighted by atomic mass is 9.89. The number of aromatic hydroxyl groups is 1. The third-order valence-corrected chi connectivity index (χ3v) is 4.22. The van der Waals surface area contributed by atoms with Crippen molar-refractivity contribution in [2.45, 2.75) is 0 Å². The molecular weight excluding hydrogens is 310 g/mol. The lowest BCUT2D eigenvalue weighted by Gasteiger charge is -2.15. The Morgan fingerprint density at radius 3 is 2.32 bits per heavy atom. The molecule has 1 aliphatic rings. The van der Waals surface area contributed by atoms with Gasteiger partial charge < -0.3 is 5.11 Å². The van der Waals surface area contributed by atoms with Crippen LogP contribution in [0.2, 0.25) is 0 Å². The van der Waals surface area contributed by atoms with E-state index in [9.17, 15) is 9.90 Å². The SMILES string of the molecule is O=C1C=CC(=C(c2ccc(O)cc2)c2ccnc3ccccc23)C=C1. The molecule has 0 atom stereocenters. The summed E-state index contributed by atoms with van der Waals surface area (Å²) in [5, 5.41) is 10.7.